The average molecular weight is 481 g/mol. The van der Waals surface area contributed by atoms with Crippen LogP contribution in [0.15, 0.2) is 60.7 Å². The molecule has 0 bridgehead atoms. The Morgan fingerprint density at radius 1 is 1.03 bits per heavy atom. The first-order valence-corrected chi connectivity index (χ1v) is 12.7. The molecular weight excluding hydrogens is 456 g/mol. The predicted octanol–water partition coefficient (Wildman–Crippen LogP) is 3.09. The molecule has 2 aliphatic rings. The number of hydrogen-bond donors (Lipinski definition) is 1. The highest BCUT2D eigenvalue weighted by atomic mass is 32.2. The number of carbonyl (C=O) groups excluding carboxylic acids is 2. The molecule has 0 unspecified atom stereocenters. The lowest BCUT2D eigenvalue weighted by Crippen LogP contribution is -2.25. The minimum Gasteiger partial charge on any atom is -0.452 e. The van der Waals surface area contributed by atoms with Gasteiger partial charge in [-0.05, 0) is 49.6 Å². The molecule has 2 fully saturated rings. The Morgan fingerprint density at radius 3 is 2.50 bits per heavy atom. The van der Waals surface area contributed by atoms with Gasteiger partial charge in [-0.3, -0.25) is 9.10 Å². The summed E-state index contributed by atoms with van der Waals surface area (Å²) in [7, 11) is -3.36. The Balaban J connectivity index is 1.25. The number of benzene rings is 2. The molecule has 1 saturated heterocycles. The minimum absolute atomic E-state index is 0.0872. The molecule has 34 heavy (non-hydrogen) atoms. The summed E-state index contributed by atoms with van der Waals surface area (Å²) in [5.74, 6) is -0.195. The number of carbonyl (C=O) groups is 2. The van der Waals surface area contributed by atoms with Crippen molar-refractivity contribution in [3.05, 3.63) is 71.9 Å². The molecule has 1 saturated carbocycles. The Hall–Kier alpha value is -3.66. The number of esters is 1. The van der Waals surface area contributed by atoms with Gasteiger partial charge >= 0.3 is 5.97 Å². The van der Waals surface area contributed by atoms with Crippen LogP contribution in [0, 0.1) is 0 Å². The van der Waals surface area contributed by atoms with E-state index in [1.165, 1.54) is 16.4 Å². The standard InChI is InChI=1S/C24H24N4O5S/c29-23(25-22-15-21(17-10-11-17)26-28(22)19-7-2-1-3-8-19)16-33-24(30)18-6-4-9-20(14-18)27-12-5-13-34(27,31)32/h1-4,6-9,14-15,17H,5,10-13,16H2,(H,25,29). The quantitative estimate of drug-likeness (QED) is 0.521. The number of ether oxygens (including phenoxy) is 1. The van der Waals surface area contributed by atoms with E-state index in [9.17, 15) is 18.0 Å². The summed E-state index contributed by atoms with van der Waals surface area (Å²) in [6.45, 7) is -0.106. The maximum atomic E-state index is 12.6. The highest BCUT2D eigenvalue weighted by Gasteiger charge is 2.29. The summed E-state index contributed by atoms with van der Waals surface area (Å²) in [5.41, 5.74) is 2.33. The molecule has 0 atom stereocenters. The van der Waals surface area contributed by atoms with E-state index in [1.807, 2.05) is 36.4 Å². The summed E-state index contributed by atoms with van der Waals surface area (Å²) in [6.07, 6.45) is 2.70. The molecule has 0 spiro atoms. The van der Waals surface area contributed by atoms with E-state index >= 15 is 0 Å². The van der Waals surface area contributed by atoms with Crippen molar-refractivity contribution in [2.75, 3.05) is 28.5 Å². The van der Waals surface area contributed by atoms with E-state index in [2.05, 4.69) is 10.4 Å². The second kappa shape index (κ2) is 8.94. The smallest absolute Gasteiger partial charge is 0.338 e. The third kappa shape index (κ3) is 4.67. The molecule has 2 aromatic carbocycles. The van der Waals surface area contributed by atoms with Gasteiger partial charge < -0.3 is 10.1 Å². The van der Waals surface area contributed by atoms with Crippen molar-refractivity contribution >= 4 is 33.4 Å². The Bertz CT molecular complexity index is 1330. The number of aromatic nitrogens is 2. The first-order chi connectivity index (χ1) is 16.4. The van der Waals surface area contributed by atoms with E-state index in [0.717, 1.165) is 24.2 Å². The number of amides is 1. The van der Waals surface area contributed by atoms with Gasteiger partial charge in [0.1, 0.15) is 5.82 Å². The first kappa shape index (κ1) is 22.1. The van der Waals surface area contributed by atoms with Crippen LogP contribution < -0.4 is 9.62 Å². The number of hydrogen-bond acceptors (Lipinski definition) is 6. The van der Waals surface area contributed by atoms with Crippen LogP contribution in [-0.2, 0) is 19.6 Å². The molecule has 9 nitrogen and oxygen atoms in total. The number of anilines is 2. The van der Waals surface area contributed by atoms with E-state index in [-0.39, 0.29) is 11.3 Å². The Labute approximate surface area is 197 Å². The number of rotatable bonds is 7. The Kier molecular flexibility index (Phi) is 5.82. The van der Waals surface area contributed by atoms with Crippen molar-refractivity contribution in [1.82, 2.24) is 9.78 Å². The zero-order valence-electron chi connectivity index (χ0n) is 18.4. The molecule has 3 aromatic rings. The van der Waals surface area contributed by atoms with Crippen LogP contribution >= 0.6 is 0 Å². The molecule has 10 heteroatoms. The van der Waals surface area contributed by atoms with Gasteiger partial charge in [0.05, 0.1) is 28.4 Å². The van der Waals surface area contributed by atoms with Crippen LogP contribution in [0.4, 0.5) is 11.5 Å². The maximum absolute atomic E-state index is 12.6. The van der Waals surface area contributed by atoms with Crippen molar-refractivity contribution in [3.63, 3.8) is 0 Å². The maximum Gasteiger partial charge on any atom is 0.338 e. The normalized spacial score (nSPS) is 16.9. The number of sulfonamides is 1. The zero-order valence-corrected chi connectivity index (χ0v) is 19.2. The SMILES string of the molecule is O=C(COC(=O)c1cccc(N2CCCS2(=O)=O)c1)Nc1cc(C2CC2)nn1-c1ccccc1. The molecule has 1 aliphatic heterocycles. The highest BCUT2D eigenvalue weighted by Crippen LogP contribution is 2.40. The van der Waals surface area contributed by atoms with E-state index in [1.54, 1.807) is 16.8 Å². The second-order valence-corrected chi connectivity index (χ2v) is 10.4. The summed E-state index contributed by atoms with van der Waals surface area (Å²) < 4.78 is 32.5. The lowest BCUT2D eigenvalue weighted by atomic mass is 10.2. The summed E-state index contributed by atoms with van der Waals surface area (Å²) >= 11 is 0. The highest BCUT2D eigenvalue weighted by molar-refractivity contribution is 7.93. The topological polar surface area (TPSA) is 111 Å². The second-order valence-electron chi connectivity index (χ2n) is 8.39. The van der Waals surface area contributed by atoms with Crippen LogP contribution in [0.2, 0.25) is 0 Å². The van der Waals surface area contributed by atoms with Crippen LogP contribution in [0.3, 0.4) is 0 Å². The average Bonchev–Trinajstić information content (AvgIpc) is 3.51. The first-order valence-electron chi connectivity index (χ1n) is 11.1. The van der Waals surface area contributed by atoms with Crippen molar-refractivity contribution in [3.8, 4) is 5.69 Å². The number of nitrogens with one attached hydrogen (secondary N) is 1. The van der Waals surface area contributed by atoms with Crippen molar-refractivity contribution < 1.29 is 22.7 Å². The lowest BCUT2D eigenvalue weighted by molar-refractivity contribution is -0.119. The van der Waals surface area contributed by atoms with Gasteiger partial charge in [-0.15, -0.1) is 0 Å². The molecule has 1 N–H and O–H groups in total. The monoisotopic (exact) mass is 480 g/mol. The molecule has 1 amide bonds. The van der Waals surface area contributed by atoms with Gasteiger partial charge in [0.2, 0.25) is 10.0 Å². The summed E-state index contributed by atoms with van der Waals surface area (Å²) in [4.78, 5) is 25.1. The lowest BCUT2D eigenvalue weighted by Gasteiger charge is -2.17. The van der Waals surface area contributed by atoms with Gasteiger partial charge in [-0.25, -0.2) is 17.9 Å². The minimum atomic E-state index is -3.36. The molecule has 0 radical (unpaired) electrons. The third-order valence-electron chi connectivity index (χ3n) is 5.80. The molecule has 5 rings (SSSR count). The van der Waals surface area contributed by atoms with Gasteiger partial charge in [0, 0.05) is 18.5 Å². The van der Waals surface area contributed by atoms with E-state index in [4.69, 9.17) is 4.74 Å². The Morgan fingerprint density at radius 2 is 1.79 bits per heavy atom. The van der Waals surface area contributed by atoms with Crippen molar-refractivity contribution in [2.45, 2.75) is 25.2 Å². The zero-order chi connectivity index (χ0) is 23.7. The summed E-state index contributed by atoms with van der Waals surface area (Å²) in [5, 5.41) is 7.42. The molecular formula is C24H24N4O5S. The van der Waals surface area contributed by atoms with Gasteiger partial charge in [-0.1, -0.05) is 24.3 Å². The van der Waals surface area contributed by atoms with Crippen molar-refractivity contribution in [2.24, 2.45) is 0 Å². The fraction of sp³-hybridized carbons (Fsp3) is 0.292. The van der Waals surface area contributed by atoms with E-state index < -0.39 is 28.5 Å². The van der Waals surface area contributed by atoms with Crippen LogP contribution in [0.1, 0.15) is 41.2 Å². The predicted molar refractivity (Wildman–Crippen MR) is 127 cm³/mol. The largest absolute Gasteiger partial charge is 0.452 e. The molecule has 1 aromatic heterocycles. The van der Waals surface area contributed by atoms with Gasteiger partial charge in [-0.2, -0.15) is 5.10 Å². The fourth-order valence-corrected chi connectivity index (χ4v) is 5.50. The number of nitrogens with zero attached hydrogens (tertiary/aromatic N) is 3. The molecule has 2 heterocycles. The van der Waals surface area contributed by atoms with Crippen LogP contribution in [0.25, 0.3) is 5.69 Å². The van der Waals surface area contributed by atoms with Crippen molar-refractivity contribution in [1.29, 1.82) is 0 Å². The molecule has 176 valence electrons. The summed E-state index contributed by atoms with van der Waals surface area (Å²) in [6, 6.07) is 17.6. The van der Waals surface area contributed by atoms with E-state index in [0.29, 0.717) is 30.4 Å². The van der Waals surface area contributed by atoms with Gasteiger partial charge in [0.15, 0.2) is 6.61 Å². The molecule has 1 aliphatic carbocycles. The van der Waals surface area contributed by atoms with Crippen LogP contribution in [-0.4, -0.2) is 49.0 Å². The third-order valence-corrected chi connectivity index (χ3v) is 7.67. The van der Waals surface area contributed by atoms with Crippen LogP contribution in [0.5, 0.6) is 0 Å². The van der Waals surface area contributed by atoms with Gasteiger partial charge in [0.25, 0.3) is 5.91 Å². The fourth-order valence-electron chi connectivity index (χ4n) is 3.94. The number of para-hydroxylation sites is 1.